The molecule has 0 unspecified atom stereocenters. The maximum Gasteiger partial charge on any atom is 0.330 e. The molecule has 0 spiro atoms. The quantitative estimate of drug-likeness (QED) is 0.0915. The van der Waals surface area contributed by atoms with Crippen molar-refractivity contribution in [1.29, 1.82) is 0 Å². The summed E-state index contributed by atoms with van der Waals surface area (Å²) in [5, 5.41) is 0. The lowest BCUT2D eigenvalue weighted by molar-refractivity contribution is -0.139. The molecular weight excluding hydrogens is 552 g/mol. The second-order valence-electron chi connectivity index (χ2n) is 10.9. The van der Waals surface area contributed by atoms with Crippen molar-refractivity contribution in [3.8, 4) is 22.6 Å². The van der Waals surface area contributed by atoms with Crippen LogP contribution < -0.4 is 9.47 Å². The number of benzene rings is 4. The molecule has 0 heterocycles. The van der Waals surface area contributed by atoms with Crippen LogP contribution in [0.25, 0.3) is 11.1 Å². The van der Waals surface area contributed by atoms with E-state index < -0.39 is 11.9 Å². The van der Waals surface area contributed by atoms with E-state index in [1.165, 1.54) is 44.5 Å². The van der Waals surface area contributed by atoms with Crippen LogP contribution >= 0.6 is 0 Å². The number of carbonyl (C=O) groups excluding carboxylic acids is 2. The van der Waals surface area contributed by atoms with Crippen LogP contribution in [-0.2, 0) is 37.3 Å². The summed E-state index contributed by atoms with van der Waals surface area (Å²) in [5.41, 5.74) is 10.2. The molecule has 0 N–H and O–H groups in total. The van der Waals surface area contributed by atoms with Crippen molar-refractivity contribution in [2.45, 2.75) is 24.7 Å². The Kier molecular flexibility index (Phi) is 8.33. The van der Waals surface area contributed by atoms with E-state index >= 15 is 0 Å². The Bertz CT molecular complexity index is 1630. The highest BCUT2D eigenvalue weighted by molar-refractivity contribution is 5.83. The van der Waals surface area contributed by atoms with Crippen molar-refractivity contribution < 1.29 is 28.5 Å². The highest BCUT2D eigenvalue weighted by Gasteiger charge is 2.44. The van der Waals surface area contributed by atoms with Crippen LogP contribution in [-0.4, -0.2) is 38.4 Å². The number of hydrogen-bond donors (Lipinski definition) is 0. The monoisotopic (exact) mass is 586 g/mol. The fourth-order valence-electron chi connectivity index (χ4n) is 6.57. The first-order valence-electron chi connectivity index (χ1n) is 14.8. The van der Waals surface area contributed by atoms with E-state index in [1.54, 1.807) is 0 Å². The summed E-state index contributed by atoms with van der Waals surface area (Å²) in [7, 11) is 0. The molecule has 4 aromatic rings. The molecule has 2 aliphatic carbocycles. The van der Waals surface area contributed by atoms with Crippen molar-refractivity contribution in [2.24, 2.45) is 0 Å². The lowest BCUT2D eigenvalue weighted by Crippen LogP contribution is -2.26. The number of carbonyl (C=O) groups is 2. The highest BCUT2D eigenvalue weighted by Crippen LogP contribution is 2.54. The minimum absolute atomic E-state index is 0.154. The van der Waals surface area contributed by atoms with Crippen LogP contribution in [0.5, 0.6) is 11.5 Å². The fraction of sp³-hybridized carbons (Fsp3) is 0.211. The predicted molar refractivity (Wildman–Crippen MR) is 169 cm³/mol. The smallest absolute Gasteiger partial charge is 0.330 e. The van der Waals surface area contributed by atoms with Gasteiger partial charge in [-0.3, -0.25) is 0 Å². The van der Waals surface area contributed by atoms with Crippen LogP contribution in [0.1, 0.15) is 39.8 Å². The molecule has 0 aliphatic heterocycles. The number of hydrogen-bond acceptors (Lipinski definition) is 6. The van der Waals surface area contributed by atoms with Crippen LogP contribution in [0, 0.1) is 0 Å². The lowest BCUT2D eigenvalue weighted by atomic mass is 9.70. The topological polar surface area (TPSA) is 71.1 Å². The average molecular weight is 587 g/mol. The first-order valence-corrected chi connectivity index (χ1v) is 14.8. The molecule has 44 heavy (non-hydrogen) atoms. The van der Waals surface area contributed by atoms with Gasteiger partial charge in [-0.25, -0.2) is 9.59 Å². The molecular formula is C38H34O6. The molecule has 0 fully saturated rings. The van der Waals surface area contributed by atoms with E-state index in [4.69, 9.17) is 18.9 Å². The third-order valence-electron chi connectivity index (χ3n) is 8.50. The summed E-state index contributed by atoms with van der Waals surface area (Å²) >= 11 is 0. The lowest BCUT2D eigenvalue weighted by Gasteiger charge is -2.33. The summed E-state index contributed by atoms with van der Waals surface area (Å²) in [4.78, 5) is 22.6. The summed E-state index contributed by atoms with van der Waals surface area (Å²) in [6, 6.07) is 29.8. The molecule has 0 saturated heterocycles. The van der Waals surface area contributed by atoms with Gasteiger partial charge in [0.05, 0.1) is 0 Å². The van der Waals surface area contributed by atoms with E-state index in [0.717, 1.165) is 31.4 Å². The van der Waals surface area contributed by atoms with Crippen molar-refractivity contribution in [2.75, 3.05) is 26.4 Å². The molecule has 4 aromatic carbocycles. The maximum atomic E-state index is 11.3. The van der Waals surface area contributed by atoms with Crippen LogP contribution in [0.3, 0.4) is 0 Å². The summed E-state index contributed by atoms with van der Waals surface area (Å²) in [5.74, 6) is 0.487. The number of fused-ring (bicyclic) bond motifs is 5. The maximum absolute atomic E-state index is 11.3. The van der Waals surface area contributed by atoms with E-state index in [1.807, 2.05) is 24.3 Å². The molecule has 0 bridgehead atoms. The fourth-order valence-corrected chi connectivity index (χ4v) is 6.57. The standard InChI is InChI=1S/C38H34O6/c1-3-35(39)43-23-21-41-30-14-10-28(11-15-30)38(29-12-16-31(17-13-29)42-22-24-44-36(40)4-2)20-19-33-34(38)18-9-27-25-26-7-5-6-8-32(26)37(27)33/h3-18H,1-2,19-25H2. The van der Waals surface area contributed by atoms with Gasteiger partial charge in [0.1, 0.15) is 37.9 Å². The van der Waals surface area contributed by atoms with E-state index in [0.29, 0.717) is 11.5 Å². The minimum atomic E-state index is -0.465. The first-order chi connectivity index (χ1) is 21.5. The first kappa shape index (κ1) is 29.0. The molecule has 0 radical (unpaired) electrons. The van der Waals surface area contributed by atoms with Gasteiger partial charge >= 0.3 is 11.9 Å². The van der Waals surface area contributed by atoms with Gasteiger partial charge in [0.25, 0.3) is 0 Å². The van der Waals surface area contributed by atoms with Crippen molar-refractivity contribution >= 4 is 11.9 Å². The van der Waals surface area contributed by atoms with Gasteiger partial charge in [0.15, 0.2) is 0 Å². The van der Waals surface area contributed by atoms with Crippen molar-refractivity contribution in [3.63, 3.8) is 0 Å². The molecule has 0 aromatic heterocycles. The van der Waals surface area contributed by atoms with Gasteiger partial charge in [-0.15, -0.1) is 0 Å². The van der Waals surface area contributed by atoms with Gasteiger partial charge in [0, 0.05) is 17.6 Å². The van der Waals surface area contributed by atoms with Gasteiger partial charge in [-0.2, -0.15) is 0 Å². The van der Waals surface area contributed by atoms with E-state index in [9.17, 15) is 9.59 Å². The molecule has 6 nitrogen and oxygen atoms in total. The third-order valence-corrected chi connectivity index (χ3v) is 8.50. The van der Waals surface area contributed by atoms with Crippen molar-refractivity contribution in [1.82, 2.24) is 0 Å². The Morgan fingerprint density at radius 3 is 1.82 bits per heavy atom. The van der Waals surface area contributed by atoms with Crippen LogP contribution in [0.2, 0.25) is 0 Å². The summed E-state index contributed by atoms with van der Waals surface area (Å²) in [6.07, 6.45) is 5.14. The molecule has 2 aliphatic rings. The van der Waals surface area contributed by atoms with E-state index in [-0.39, 0.29) is 31.8 Å². The zero-order valence-corrected chi connectivity index (χ0v) is 24.6. The largest absolute Gasteiger partial charge is 0.490 e. The molecule has 222 valence electrons. The predicted octanol–water partition coefficient (Wildman–Crippen LogP) is 6.75. The second-order valence-corrected chi connectivity index (χ2v) is 10.9. The Hall–Kier alpha value is -5.10. The van der Waals surface area contributed by atoms with Gasteiger partial charge in [-0.05, 0) is 88.0 Å². The van der Waals surface area contributed by atoms with Gasteiger partial charge < -0.3 is 18.9 Å². The number of esters is 2. The Balaban J connectivity index is 1.32. The number of rotatable bonds is 12. The molecule has 0 amide bonds. The normalized spacial score (nSPS) is 13.6. The minimum Gasteiger partial charge on any atom is -0.490 e. The zero-order valence-electron chi connectivity index (χ0n) is 24.6. The molecule has 0 saturated carbocycles. The van der Waals surface area contributed by atoms with Crippen molar-refractivity contribution in [3.05, 3.63) is 144 Å². The average Bonchev–Trinajstić information content (AvgIpc) is 3.65. The second kappa shape index (κ2) is 12.6. The number of ether oxygens (including phenoxy) is 4. The zero-order chi connectivity index (χ0) is 30.5. The van der Waals surface area contributed by atoms with Crippen LogP contribution in [0.15, 0.2) is 110 Å². The highest BCUT2D eigenvalue weighted by atomic mass is 16.6. The van der Waals surface area contributed by atoms with Gasteiger partial charge in [-0.1, -0.05) is 73.8 Å². The van der Waals surface area contributed by atoms with E-state index in [2.05, 4.69) is 73.8 Å². The Morgan fingerprint density at radius 1 is 0.682 bits per heavy atom. The van der Waals surface area contributed by atoms with Gasteiger partial charge in [0.2, 0.25) is 0 Å². The molecule has 0 atom stereocenters. The molecule has 6 rings (SSSR count). The molecule has 6 heteroatoms. The Labute approximate surface area is 257 Å². The van der Waals surface area contributed by atoms with Crippen LogP contribution in [0.4, 0.5) is 0 Å². The SMILES string of the molecule is C=CC(=O)OCCOc1ccc(C2(c3ccc(OCCOC(=O)C=C)cc3)CCc3c2ccc2c3-c3ccccc3C2)cc1. The summed E-state index contributed by atoms with van der Waals surface area (Å²) < 4.78 is 21.8. The summed E-state index contributed by atoms with van der Waals surface area (Å²) in [6.45, 7) is 7.64. The Morgan fingerprint density at radius 2 is 1.25 bits per heavy atom. The third kappa shape index (κ3) is 5.51.